The first-order valence-corrected chi connectivity index (χ1v) is 6.24. The van der Waals surface area contributed by atoms with E-state index in [0.29, 0.717) is 17.6 Å². The third kappa shape index (κ3) is 2.71. The second kappa shape index (κ2) is 5.10. The van der Waals surface area contributed by atoms with Gasteiger partial charge in [-0.1, -0.05) is 0 Å². The fourth-order valence-corrected chi connectivity index (χ4v) is 2.08. The zero-order valence-corrected chi connectivity index (χ0v) is 10.9. The average molecular weight is 287 g/mol. The number of halogens is 1. The standard InChI is InChI=1S/C11H15BrN2O2/c1-16-5-4-14-7-13-9(6-8-2-3-8)10(12)11(14)15/h7-8H,2-6H2,1H3. The molecule has 0 unspecified atom stereocenters. The molecular formula is C11H15BrN2O2. The Bertz CT molecular complexity index is 426. The molecule has 1 aliphatic rings. The molecule has 5 heteroatoms. The maximum atomic E-state index is 11.9. The first kappa shape index (κ1) is 11.8. The zero-order chi connectivity index (χ0) is 11.5. The van der Waals surface area contributed by atoms with Crippen LogP contribution in [0.3, 0.4) is 0 Å². The van der Waals surface area contributed by atoms with Crippen LogP contribution in [0.4, 0.5) is 0 Å². The van der Waals surface area contributed by atoms with Crippen LogP contribution in [0.1, 0.15) is 18.5 Å². The molecule has 16 heavy (non-hydrogen) atoms. The Morgan fingerprint density at radius 2 is 2.38 bits per heavy atom. The topological polar surface area (TPSA) is 44.1 Å². The summed E-state index contributed by atoms with van der Waals surface area (Å²) in [6, 6.07) is 0. The molecule has 1 saturated carbocycles. The molecule has 0 radical (unpaired) electrons. The molecule has 0 bridgehead atoms. The molecule has 1 aliphatic carbocycles. The van der Waals surface area contributed by atoms with Crippen LogP contribution in [0.2, 0.25) is 0 Å². The highest BCUT2D eigenvalue weighted by atomic mass is 79.9. The lowest BCUT2D eigenvalue weighted by Gasteiger charge is -2.07. The van der Waals surface area contributed by atoms with Crippen LogP contribution in [-0.2, 0) is 17.7 Å². The maximum absolute atomic E-state index is 11.9. The van der Waals surface area contributed by atoms with Gasteiger partial charge in [0.2, 0.25) is 0 Å². The van der Waals surface area contributed by atoms with Crippen molar-refractivity contribution in [2.24, 2.45) is 5.92 Å². The molecule has 1 heterocycles. The lowest BCUT2D eigenvalue weighted by Crippen LogP contribution is -2.24. The van der Waals surface area contributed by atoms with E-state index in [1.807, 2.05) is 0 Å². The number of hydrogen-bond acceptors (Lipinski definition) is 3. The molecule has 0 spiro atoms. The van der Waals surface area contributed by atoms with E-state index in [-0.39, 0.29) is 5.56 Å². The summed E-state index contributed by atoms with van der Waals surface area (Å²) < 4.78 is 7.13. The predicted octanol–water partition coefficient (Wildman–Crippen LogP) is 1.60. The van der Waals surface area contributed by atoms with Crippen LogP contribution in [-0.4, -0.2) is 23.3 Å². The van der Waals surface area contributed by atoms with Crippen LogP contribution in [0.5, 0.6) is 0 Å². The van der Waals surface area contributed by atoms with Gasteiger partial charge in [0.15, 0.2) is 0 Å². The van der Waals surface area contributed by atoms with Crippen molar-refractivity contribution in [2.75, 3.05) is 13.7 Å². The lowest BCUT2D eigenvalue weighted by atomic mass is 10.2. The van der Waals surface area contributed by atoms with Gasteiger partial charge in [0, 0.05) is 7.11 Å². The Labute approximate surface area is 103 Å². The fourth-order valence-electron chi connectivity index (χ4n) is 1.58. The van der Waals surface area contributed by atoms with Gasteiger partial charge in [-0.2, -0.15) is 0 Å². The van der Waals surface area contributed by atoms with Crippen molar-refractivity contribution in [3.63, 3.8) is 0 Å². The fraction of sp³-hybridized carbons (Fsp3) is 0.636. The summed E-state index contributed by atoms with van der Waals surface area (Å²) in [5.41, 5.74) is 0.879. The van der Waals surface area contributed by atoms with E-state index >= 15 is 0 Å². The number of methoxy groups -OCH3 is 1. The minimum absolute atomic E-state index is 0.0114. The van der Waals surface area contributed by atoms with E-state index in [1.165, 1.54) is 12.8 Å². The third-order valence-electron chi connectivity index (χ3n) is 2.77. The lowest BCUT2D eigenvalue weighted by molar-refractivity contribution is 0.185. The number of aromatic nitrogens is 2. The molecule has 0 amide bonds. The second-order valence-corrected chi connectivity index (χ2v) is 4.94. The minimum Gasteiger partial charge on any atom is -0.383 e. The van der Waals surface area contributed by atoms with Crippen molar-refractivity contribution < 1.29 is 4.74 Å². The number of ether oxygens (including phenoxy) is 1. The van der Waals surface area contributed by atoms with E-state index in [0.717, 1.165) is 18.0 Å². The van der Waals surface area contributed by atoms with E-state index in [4.69, 9.17) is 4.74 Å². The summed E-state index contributed by atoms with van der Waals surface area (Å²) >= 11 is 3.34. The van der Waals surface area contributed by atoms with Crippen molar-refractivity contribution in [1.82, 2.24) is 9.55 Å². The molecule has 0 saturated heterocycles. The van der Waals surface area contributed by atoms with Gasteiger partial charge in [0.25, 0.3) is 5.56 Å². The van der Waals surface area contributed by atoms with Gasteiger partial charge < -0.3 is 4.74 Å². The van der Waals surface area contributed by atoms with Gasteiger partial charge in [0.05, 0.1) is 25.2 Å². The molecule has 4 nitrogen and oxygen atoms in total. The third-order valence-corrected chi connectivity index (χ3v) is 3.57. The smallest absolute Gasteiger partial charge is 0.267 e. The van der Waals surface area contributed by atoms with E-state index < -0.39 is 0 Å². The van der Waals surface area contributed by atoms with Gasteiger partial charge in [-0.15, -0.1) is 0 Å². The van der Waals surface area contributed by atoms with Gasteiger partial charge in [0.1, 0.15) is 4.47 Å². The van der Waals surface area contributed by atoms with Gasteiger partial charge in [-0.25, -0.2) is 4.98 Å². The van der Waals surface area contributed by atoms with Crippen LogP contribution in [0, 0.1) is 5.92 Å². The van der Waals surface area contributed by atoms with Crippen LogP contribution in [0.15, 0.2) is 15.6 Å². The summed E-state index contributed by atoms with van der Waals surface area (Å²) in [6.07, 6.45) is 5.06. The molecule has 0 aromatic carbocycles. The molecular weight excluding hydrogens is 272 g/mol. The summed E-state index contributed by atoms with van der Waals surface area (Å²) in [6.45, 7) is 1.07. The van der Waals surface area contributed by atoms with Crippen molar-refractivity contribution >= 4 is 15.9 Å². The molecule has 0 aliphatic heterocycles. The van der Waals surface area contributed by atoms with E-state index in [2.05, 4.69) is 20.9 Å². The number of nitrogens with zero attached hydrogens (tertiary/aromatic N) is 2. The second-order valence-electron chi connectivity index (χ2n) is 4.14. The van der Waals surface area contributed by atoms with Crippen molar-refractivity contribution in [3.8, 4) is 0 Å². The number of hydrogen-bond donors (Lipinski definition) is 0. The first-order chi connectivity index (χ1) is 7.72. The normalized spacial score (nSPS) is 15.4. The van der Waals surface area contributed by atoms with Gasteiger partial charge in [-0.3, -0.25) is 9.36 Å². The van der Waals surface area contributed by atoms with E-state index in [9.17, 15) is 4.79 Å². The Balaban J connectivity index is 2.17. The Hall–Kier alpha value is -0.680. The molecule has 1 aromatic heterocycles. The molecule has 88 valence electrons. The summed E-state index contributed by atoms with van der Waals surface area (Å²) in [5, 5.41) is 0. The maximum Gasteiger partial charge on any atom is 0.267 e. The van der Waals surface area contributed by atoms with Crippen molar-refractivity contribution in [3.05, 3.63) is 26.8 Å². The molecule has 0 N–H and O–H groups in total. The summed E-state index contributed by atoms with van der Waals surface area (Å²) in [4.78, 5) is 16.3. The monoisotopic (exact) mass is 286 g/mol. The van der Waals surface area contributed by atoms with Crippen LogP contribution >= 0.6 is 15.9 Å². The SMILES string of the molecule is COCCn1cnc(CC2CC2)c(Br)c1=O. The Morgan fingerprint density at radius 3 is 3.00 bits per heavy atom. The van der Waals surface area contributed by atoms with Gasteiger partial charge >= 0.3 is 0 Å². The molecule has 1 fully saturated rings. The molecule has 0 atom stereocenters. The highest BCUT2D eigenvalue weighted by Crippen LogP contribution is 2.33. The summed E-state index contributed by atoms with van der Waals surface area (Å²) in [5.74, 6) is 0.734. The molecule has 2 rings (SSSR count). The highest BCUT2D eigenvalue weighted by molar-refractivity contribution is 9.10. The minimum atomic E-state index is -0.0114. The van der Waals surface area contributed by atoms with Gasteiger partial charge in [-0.05, 0) is 41.1 Å². The largest absolute Gasteiger partial charge is 0.383 e. The van der Waals surface area contributed by atoms with Crippen LogP contribution < -0.4 is 5.56 Å². The van der Waals surface area contributed by atoms with Crippen molar-refractivity contribution in [1.29, 1.82) is 0 Å². The quantitative estimate of drug-likeness (QED) is 0.826. The summed E-state index contributed by atoms with van der Waals surface area (Å²) in [7, 11) is 1.62. The Kier molecular flexibility index (Phi) is 3.76. The Morgan fingerprint density at radius 1 is 1.62 bits per heavy atom. The average Bonchev–Trinajstić information content (AvgIpc) is 3.08. The highest BCUT2D eigenvalue weighted by Gasteiger charge is 2.24. The number of rotatable bonds is 5. The zero-order valence-electron chi connectivity index (χ0n) is 9.28. The van der Waals surface area contributed by atoms with Crippen molar-refractivity contribution in [2.45, 2.75) is 25.8 Å². The first-order valence-electron chi connectivity index (χ1n) is 5.45. The van der Waals surface area contributed by atoms with E-state index in [1.54, 1.807) is 18.0 Å². The van der Waals surface area contributed by atoms with Crippen LogP contribution in [0.25, 0.3) is 0 Å². The molecule has 1 aromatic rings. The predicted molar refractivity (Wildman–Crippen MR) is 64.5 cm³/mol.